The fourth-order valence-corrected chi connectivity index (χ4v) is 3.04. The van der Waals surface area contributed by atoms with Gasteiger partial charge in [0.05, 0.1) is 14.2 Å². The monoisotopic (exact) mass is 292 g/mol. The van der Waals surface area contributed by atoms with Gasteiger partial charge in [-0.05, 0) is 50.0 Å². The van der Waals surface area contributed by atoms with Crippen molar-refractivity contribution in [2.45, 2.75) is 38.8 Å². The summed E-state index contributed by atoms with van der Waals surface area (Å²) >= 11 is 0. The summed E-state index contributed by atoms with van der Waals surface area (Å²) < 4.78 is 10.7. The van der Waals surface area contributed by atoms with Crippen molar-refractivity contribution < 1.29 is 9.47 Å². The van der Waals surface area contributed by atoms with E-state index < -0.39 is 0 Å². The van der Waals surface area contributed by atoms with Crippen LogP contribution < -0.4 is 14.8 Å². The number of hydrogen-bond acceptors (Lipinski definition) is 4. The van der Waals surface area contributed by atoms with Gasteiger partial charge in [0.15, 0.2) is 11.5 Å². The van der Waals surface area contributed by atoms with Crippen LogP contribution in [-0.4, -0.2) is 44.8 Å². The van der Waals surface area contributed by atoms with E-state index in [-0.39, 0.29) is 0 Å². The highest BCUT2D eigenvalue weighted by molar-refractivity contribution is 5.42. The van der Waals surface area contributed by atoms with Crippen LogP contribution >= 0.6 is 0 Å². The second-order valence-corrected chi connectivity index (χ2v) is 5.66. The van der Waals surface area contributed by atoms with E-state index in [9.17, 15) is 0 Å². The normalized spacial score (nSPS) is 18.8. The first-order valence-electron chi connectivity index (χ1n) is 7.94. The number of methoxy groups -OCH3 is 2. The first kappa shape index (κ1) is 16.1. The maximum absolute atomic E-state index is 5.41. The van der Waals surface area contributed by atoms with Gasteiger partial charge >= 0.3 is 0 Å². The summed E-state index contributed by atoms with van der Waals surface area (Å²) in [7, 11) is 3.37. The summed E-state index contributed by atoms with van der Waals surface area (Å²) in [6, 6.07) is 6.88. The Hall–Kier alpha value is -1.26. The predicted molar refractivity (Wildman–Crippen MR) is 86.1 cm³/mol. The standard InChI is InChI=1S/C17H28N2O2/c1-4-10-19(15-6-5-9-18-12-15)13-14-7-8-16(20-2)17(11-14)21-3/h7-8,11,15,18H,4-6,9-10,12-13H2,1-3H3. The number of nitrogens with one attached hydrogen (secondary N) is 1. The van der Waals surface area contributed by atoms with Gasteiger partial charge < -0.3 is 14.8 Å². The first-order valence-corrected chi connectivity index (χ1v) is 7.94. The maximum Gasteiger partial charge on any atom is 0.161 e. The lowest BCUT2D eigenvalue weighted by atomic mass is 10.0. The molecule has 0 aromatic heterocycles. The third-order valence-corrected chi connectivity index (χ3v) is 4.13. The van der Waals surface area contributed by atoms with E-state index in [1.807, 2.05) is 6.07 Å². The van der Waals surface area contributed by atoms with E-state index in [1.165, 1.54) is 24.8 Å². The van der Waals surface area contributed by atoms with E-state index in [4.69, 9.17) is 9.47 Å². The summed E-state index contributed by atoms with van der Waals surface area (Å²) in [4.78, 5) is 2.59. The average Bonchev–Trinajstić information content (AvgIpc) is 2.55. The van der Waals surface area contributed by atoms with Gasteiger partial charge in [0.2, 0.25) is 0 Å². The van der Waals surface area contributed by atoms with Crippen molar-refractivity contribution in [3.8, 4) is 11.5 Å². The first-order chi connectivity index (χ1) is 10.3. The van der Waals surface area contributed by atoms with Crippen LogP contribution in [0.25, 0.3) is 0 Å². The Morgan fingerprint density at radius 3 is 2.67 bits per heavy atom. The molecular weight excluding hydrogens is 264 g/mol. The van der Waals surface area contributed by atoms with Crippen molar-refractivity contribution in [1.82, 2.24) is 10.2 Å². The van der Waals surface area contributed by atoms with Crippen molar-refractivity contribution in [3.05, 3.63) is 23.8 Å². The van der Waals surface area contributed by atoms with Crippen LogP contribution in [-0.2, 0) is 6.54 Å². The summed E-state index contributed by atoms with van der Waals surface area (Å²) in [5.41, 5.74) is 1.28. The minimum Gasteiger partial charge on any atom is -0.493 e. The highest BCUT2D eigenvalue weighted by Crippen LogP contribution is 2.28. The summed E-state index contributed by atoms with van der Waals surface area (Å²) in [5, 5.41) is 3.51. The Bertz CT molecular complexity index is 431. The lowest BCUT2D eigenvalue weighted by Crippen LogP contribution is -2.45. The Labute approximate surface area is 128 Å². The summed E-state index contributed by atoms with van der Waals surface area (Å²) in [6.07, 6.45) is 3.75. The zero-order valence-electron chi connectivity index (χ0n) is 13.5. The largest absolute Gasteiger partial charge is 0.493 e. The maximum atomic E-state index is 5.41. The fourth-order valence-electron chi connectivity index (χ4n) is 3.04. The molecule has 1 aliphatic heterocycles. The molecule has 0 aliphatic carbocycles. The molecule has 2 rings (SSSR count). The molecule has 21 heavy (non-hydrogen) atoms. The topological polar surface area (TPSA) is 33.7 Å². The molecule has 1 aromatic rings. The smallest absolute Gasteiger partial charge is 0.161 e. The van der Waals surface area contributed by atoms with Crippen LogP contribution in [0.15, 0.2) is 18.2 Å². The van der Waals surface area contributed by atoms with Crippen LogP contribution in [0, 0.1) is 0 Å². The Kier molecular flexibility index (Phi) is 6.33. The highest BCUT2D eigenvalue weighted by atomic mass is 16.5. The van der Waals surface area contributed by atoms with E-state index in [0.29, 0.717) is 6.04 Å². The van der Waals surface area contributed by atoms with Crippen molar-refractivity contribution in [3.63, 3.8) is 0 Å². The van der Waals surface area contributed by atoms with Crippen LogP contribution in [0.2, 0.25) is 0 Å². The third kappa shape index (κ3) is 4.35. The molecule has 0 spiro atoms. The van der Waals surface area contributed by atoms with E-state index in [2.05, 4.69) is 29.3 Å². The second kappa shape index (κ2) is 8.25. The Morgan fingerprint density at radius 2 is 2.05 bits per heavy atom. The molecule has 118 valence electrons. The van der Waals surface area contributed by atoms with Gasteiger partial charge in [0, 0.05) is 19.1 Å². The molecule has 0 amide bonds. The minimum absolute atomic E-state index is 0.645. The lowest BCUT2D eigenvalue weighted by molar-refractivity contribution is 0.158. The third-order valence-electron chi connectivity index (χ3n) is 4.13. The lowest BCUT2D eigenvalue weighted by Gasteiger charge is -2.34. The van der Waals surface area contributed by atoms with E-state index in [1.54, 1.807) is 14.2 Å². The average molecular weight is 292 g/mol. The molecule has 1 aliphatic rings. The van der Waals surface area contributed by atoms with Crippen molar-refractivity contribution in [2.75, 3.05) is 33.9 Å². The number of hydrogen-bond donors (Lipinski definition) is 1. The molecule has 1 fully saturated rings. The molecule has 1 N–H and O–H groups in total. The van der Waals surface area contributed by atoms with E-state index in [0.717, 1.165) is 37.7 Å². The number of benzene rings is 1. The van der Waals surface area contributed by atoms with Crippen molar-refractivity contribution in [2.24, 2.45) is 0 Å². The van der Waals surface area contributed by atoms with E-state index >= 15 is 0 Å². The molecule has 1 aromatic carbocycles. The Morgan fingerprint density at radius 1 is 1.24 bits per heavy atom. The zero-order chi connectivity index (χ0) is 15.1. The zero-order valence-corrected chi connectivity index (χ0v) is 13.5. The van der Waals surface area contributed by atoms with Crippen molar-refractivity contribution in [1.29, 1.82) is 0 Å². The molecule has 0 saturated carbocycles. The number of nitrogens with zero attached hydrogens (tertiary/aromatic N) is 1. The molecule has 1 atom stereocenters. The van der Waals surface area contributed by atoms with Gasteiger partial charge in [0.25, 0.3) is 0 Å². The van der Waals surface area contributed by atoms with Crippen LogP contribution in [0.3, 0.4) is 0 Å². The molecule has 4 nitrogen and oxygen atoms in total. The van der Waals surface area contributed by atoms with Crippen LogP contribution in [0.5, 0.6) is 11.5 Å². The SMILES string of the molecule is CCCN(Cc1ccc(OC)c(OC)c1)C1CCCNC1. The molecule has 4 heteroatoms. The molecule has 0 bridgehead atoms. The summed E-state index contributed by atoms with van der Waals surface area (Å²) in [5.74, 6) is 1.61. The number of ether oxygens (including phenoxy) is 2. The predicted octanol–water partition coefficient (Wildman–Crippen LogP) is 2.67. The van der Waals surface area contributed by atoms with Gasteiger partial charge in [-0.3, -0.25) is 4.90 Å². The van der Waals surface area contributed by atoms with Gasteiger partial charge in [0.1, 0.15) is 0 Å². The number of piperidine rings is 1. The molecular formula is C17H28N2O2. The minimum atomic E-state index is 0.645. The molecule has 1 unspecified atom stereocenters. The van der Waals surface area contributed by atoms with Crippen molar-refractivity contribution >= 4 is 0 Å². The van der Waals surface area contributed by atoms with Gasteiger partial charge in [-0.1, -0.05) is 13.0 Å². The molecule has 1 saturated heterocycles. The Balaban J connectivity index is 2.08. The van der Waals surface area contributed by atoms with Gasteiger partial charge in [-0.2, -0.15) is 0 Å². The highest BCUT2D eigenvalue weighted by Gasteiger charge is 2.20. The fraction of sp³-hybridized carbons (Fsp3) is 0.647. The van der Waals surface area contributed by atoms with Gasteiger partial charge in [-0.15, -0.1) is 0 Å². The molecule has 1 heterocycles. The number of rotatable bonds is 7. The van der Waals surface area contributed by atoms with Crippen LogP contribution in [0.4, 0.5) is 0 Å². The molecule has 0 radical (unpaired) electrons. The van der Waals surface area contributed by atoms with Crippen LogP contribution in [0.1, 0.15) is 31.7 Å². The quantitative estimate of drug-likeness (QED) is 0.838. The second-order valence-electron chi connectivity index (χ2n) is 5.66. The van der Waals surface area contributed by atoms with Gasteiger partial charge in [-0.25, -0.2) is 0 Å². The summed E-state index contributed by atoms with van der Waals surface area (Å²) in [6.45, 7) is 6.62.